The van der Waals surface area contributed by atoms with E-state index in [0.29, 0.717) is 24.1 Å². The SMILES string of the molecule is CN=C(NCCCOC1CCCCC1)NCCNC(=O)c1scnc1C.I. The molecule has 1 fully saturated rings. The van der Waals surface area contributed by atoms with Crippen molar-refractivity contribution in [1.29, 1.82) is 0 Å². The van der Waals surface area contributed by atoms with Crippen LogP contribution < -0.4 is 16.0 Å². The van der Waals surface area contributed by atoms with Crippen LogP contribution in [-0.2, 0) is 4.74 Å². The maximum Gasteiger partial charge on any atom is 0.263 e. The summed E-state index contributed by atoms with van der Waals surface area (Å²) in [6.45, 7) is 4.59. The summed E-state index contributed by atoms with van der Waals surface area (Å²) in [6, 6.07) is 0. The first-order valence-electron chi connectivity index (χ1n) is 9.45. The predicted octanol–water partition coefficient (Wildman–Crippen LogP) is 2.70. The smallest absolute Gasteiger partial charge is 0.263 e. The number of aryl methyl sites for hydroxylation is 1. The molecule has 7 nitrogen and oxygen atoms in total. The Bertz CT molecular complexity index is 576. The second-order valence-electron chi connectivity index (χ2n) is 6.43. The number of aromatic nitrogens is 1. The average molecular weight is 509 g/mol. The van der Waals surface area contributed by atoms with E-state index in [2.05, 4.69) is 25.9 Å². The second-order valence-corrected chi connectivity index (χ2v) is 7.29. The quantitative estimate of drug-likeness (QED) is 0.206. The van der Waals surface area contributed by atoms with Gasteiger partial charge in [-0.2, -0.15) is 0 Å². The number of hydrogen-bond acceptors (Lipinski definition) is 5. The molecule has 0 radical (unpaired) electrons. The molecule has 1 aromatic heterocycles. The fourth-order valence-corrected chi connectivity index (χ4v) is 3.66. The van der Waals surface area contributed by atoms with Crippen molar-refractivity contribution < 1.29 is 9.53 Å². The first-order chi connectivity index (χ1) is 12.7. The number of ether oxygens (including phenoxy) is 1. The van der Waals surface area contributed by atoms with Gasteiger partial charge in [-0.3, -0.25) is 9.79 Å². The fourth-order valence-electron chi connectivity index (χ4n) is 2.94. The van der Waals surface area contributed by atoms with E-state index in [1.807, 2.05) is 6.92 Å². The van der Waals surface area contributed by atoms with Crippen molar-refractivity contribution in [3.05, 3.63) is 16.1 Å². The minimum atomic E-state index is -0.0744. The first-order valence-corrected chi connectivity index (χ1v) is 10.3. The molecule has 1 amide bonds. The van der Waals surface area contributed by atoms with Gasteiger partial charge < -0.3 is 20.7 Å². The molecule has 1 aromatic rings. The zero-order valence-corrected chi connectivity index (χ0v) is 19.4. The standard InChI is InChI=1S/C18H31N5O2S.HI/c1-14-16(26-13-23-14)17(24)20-10-11-22-18(19-2)21-9-6-12-25-15-7-4-3-5-8-15;/h13,15H,3-12H2,1-2H3,(H,20,24)(H2,19,21,22);1H. The number of halogens is 1. The normalized spacial score (nSPS) is 15.1. The van der Waals surface area contributed by atoms with Gasteiger partial charge in [0.05, 0.1) is 17.3 Å². The van der Waals surface area contributed by atoms with Gasteiger partial charge in [-0.1, -0.05) is 19.3 Å². The monoisotopic (exact) mass is 509 g/mol. The summed E-state index contributed by atoms with van der Waals surface area (Å²) >= 11 is 1.36. The van der Waals surface area contributed by atoms with Gasteiger partial charge >= 0.3 is 0 Å². The molecule has 1 saturated carbocycles. The minimum Gasteiger partial charge on any atom is -0.378 e. The van der Waals surface area contributed by atoms with Gasteiger partial charge in [0.15, 0.2) is 5.96 Å². The Balaban J connectivity index is 0.00000364. The van der Waals surface area contributed by atoms with Crippen molar-refractivity contribution >= 4 is 47.2 Å². The zero-order chi connectivity index (χ0) is 18.6. The molecule has 1 aliphatic carbocycles. The summed E-state index contributed by atoms with van der Waals surface area (Å²) < 4.78 is 5.92. The zero-order valence-electron chi connectivity index (χ0n) is 16.3. The van der Waals surface area contributed by atoms with Crippen molar-refractivity contribution in [2.45, 2.75) is 51.6 Å². The van der Waals surface area contributed by atoms with Crippen LogP contribution >= 0.6 is 35.3 Å². The van der Waals surface area contributed by atoms with E-state index in [1.54, 1.807) is 12.6 Å². The Morgan fingerprint density at radius 2 is 1.93 bits per heavy atom. The van der Waals surface area contributed by atoms with Crippen molar-refractivity contribution in [3.8, 4) is 0 Å². The van der Waals surface area contributed by atoms with Crippen LogP contribution in [0.4, 0.5) is 0 Å². The average Bonchev–Trinajstić information content (AvgIpc) is 3.10. The number of hydrogen-bond donors (Lipinski definition) is 3. The van der Waals surface area contributed by atoms with Crippen LogP contribution in [0, 0.1) is 6.92 Å². The van der Waals surface area contributed by atoms with Gasteiger partial charge in [-0.25, -0.2) is 4.98 Å². The molecule has 0 aliphatic heterocycles. The van der Waals surface area contributed by atoms with Crippen LogP contribution in [0.1, 0.15) is 53.9 Å². The number of aliphatic imine (C=N–C) groups is 1. The number of thiazole rings is 1. The highest BCUT2D eigenvalue weighted by Gasteiger charge is 2.13. The molecule has 0 unspecified atom stereocenters. The van der Waals surface area contributed by atoms with E-state index in [9.17, 15) is 4.79 Å². The predicted molar refractivity (Wildman–Crippen MR) is 121 cm³/mol. The summed E-state index contributed by atoms with van der Waals surface area (Å²) in [5.74, 6) is 0.667. The Morgan fingerprint density at radius 3 is 2.59 bits per heavy atom. The number of carbonyl (C=O) groups excluding carboxylic acids is 1. The topological polar surface area (TPSA) is 87.6 Å². The molecule has 2 rings (SSSR count). The summed E-state index contributed by atoms with van der Waals surface area (Å²) in [5, 5.41) is 9.35. The van der Waals surface area contributed by atoms with Crippen LogP contribution in [0.25, 0.3) is 0 Å². The third-order valence-electron chi connectivity index (χ3n) is 4.40. The Morgan fingerprint density at radius 1 is 1.22 bits per heavy atom. The maximum absolute atomic E-state index is 12.0. The van der Waals surface area contributed by atoms with Crippen molar-refractivity contribution in [3.63, 3.8) is 0 Å². The second kappa shape index (κ2) is 14.1. The lowest BCUT2D eigenvalue weighted by Crippen LogP contribution is -2.42. The number of guanidine groups is 1. The van der Waals surface area contributed by atoms with Gasteiger partial charge in [-0.05, 0) is 26.2 Å². The first kappa shape index (κ1) is 24.1. The fraction of sp³-hybridized carbons (Fsp3) is 0.722. The molecule has 154 valence electrons. The Kier molecular flexibility index (Phi) is 12.6. The Hall–Kier alpha value is -0.940. The van der Waals surface area contributed by atoms with Crippen LogP contribution in [0.3, 0.4) is 0 Å². The van der Waals surface area contributed by atoms with Gasteiger partial charge in [0.25, 0.3) is 5.91 Å². The summed E-state index contributed by atoms with van der Waals surface area (Å²) in [4.78, 5) is 20.9. The third-order valence-corrected chi connectivity index (χ3v) is 5.32. The molecule has 1 aliphatic rings. The molecule has 1 heterocycles. The van der Waals surface area contributed by atoms with Gasteiger partial charge in [0, 0.05) is 33.3 Å². The number of nitrogens with one attached hydrogen (secondary N) is 3. The molecule has 3 N–H and O–H groups in total. The molecular formula is C18H32IN5O2S. The summed E-state index contributed by atoms with van der Waals surface area (Å²) in [5.41, 5.74) is 2.46. The number of amides is 1. The molecule has 0 atom stereocenters. The highest BCUT2D eigenvalue weighted by atomic mass is 127. The summed E-state index contributed by atoms with van der Waals surface area (Å²) in [6.07, 6.45) is 7.81. The number of carbonyl (C=O) groups is 1. The van der Waals surface area contributed by atoms with Crippen molar-refractivity contribution in [2.75, 3.05) is 33.3 Å². The lowest BCUT2D eigenvalue weighted by molar-refractivity contribution is 0.0277. The Labute approximate surface area is 183 Å². The molecular weight excluding hydrogens is 477 g/mol. The molecule has 0 aromatic carbocycles. The molecule has 9 heteroatoms. The van der Waals surface area contributed by atoms with E-state index in [1.165, 1.54) is 43.4 Å². The molecule has 0 spiro atoms. The van der Waals surface area contributed by atoms with Crippen LogP contribution in [-0.4, -0.2) is 56.2 Å². The van der Waals surface area contributed by atoms with Gasteiger partial charge in [0.1, 0.15) is 4.88 Å². The van der Waals surface area contributed by atoms with E-state index in [-0.39, 0.29) is 29.9 Å². The van der Waals surface area contributed by atoms with E-state index in [4.69, 9.17) is 4.74 Å². The number of nitrogens with zero attached hydrogens (tertiary/aromatic N) is 2. The largest absolute Gasteiger partial charge is 0.378 e. The third kappa shape index (κ3) is 9.20. The van der Waals surface area contributed by atoms with Crippen LogP contribution in [0.15, 0.2) is 10.5 Å². The molecule has 27 heavy (non-hydrogen) atoms. The highest BCUT2D eigenvalue weighted by molar-refractivity contribution is 14.0. The highest BCUT2D eigenvalue weighted by Crippen LogP contribution is 2.20. The van der Waals surface area contributed by atoms with E-state index >= 15 is 0 Å². The van der Waals surface area contributed by atoms with Crippen molar-refractivity contribution in [2.24, 2.45) is 4.99 Å². The minimum absolute atomic E-state index is 0. The van der Waals surface area contributed by atoms with E-state index < -0.39 is 0 Å². The molecule has 0 bridgehead atoms. The van der Waals surface area contributed by atoms with Crippen LogP contribution in [0.5, 0.6) is 0 Å². The van der Waals surface area contributed by atoms with E-state index in [0.717, 1.165) is 31.2 Å². The lowest BCUT2D eigenvalue weighted by atomic mass is 9.98. The lowest BCUT2D eigenvalue weighted by Gasteiger charge is -2.22. The van der Waals surface area contributed by atoms with Gasteiger partial charge in [0.2, 0.25) is 0 Å². The summed E-state index contributed by atoms with van der Waals surface area (Å²) in [7, 11) is 1.74. The van der Waals surface area contributed by atoms with Crippen LogP contribution in [0.2, 0.25) is 0 Å². The maximum atomic E-state index is 12.0. The number of rotatable bonds is 9. The van der Waals surface area contributed by atoms with Crippen molar-refractivity contribution in [1.82, 2.24) is 20.9 Å². The molecule has 0 saturated heterocycles. The van der Waals surface area contributed by atoms with Gasteiger partial charge in [-0.15, -0.1) is 35.3 Å².